The molecule has 4 rings (SSSR count). The summed E-state index contributed by atoms with van der Waals surface area (Å²) in [5.74, 6) is -0.276. The zero-order valence-corrected chi connectivity index (χ0v) is 13.1. The van der Waals surface area contributed by atoms with Crippen molar-refractivity contribution < 1.29 is 9.18 Å². The number of thiophene rings is 1. The molecule has 23 heavy (non-hydrogen) atoms. The smallest absolute Gasteiger partial charge is 0.268 e. The molecule has 0 unspecified atom stereocenters. The van der Waals surface area contributed by atoms with Gasteiger partial charge < -0.3 is 4.90 Å². The largest absolute Gasteiger partial charge is 0.307 e. The van der Waals surface area contributed by atoms with Gasteiger partial charge in [0.05, 0.1) is 4.88 Å². The monoisotopic (exact) mass is 323 g/mol. The number of hydrogen-bond acceptors (Lipinski definition) is 2. The van der Waals surface area contributed by atoms with Gasteiger partial charge in [-0.3, -0.25) is 4.79 Å². The molecule has 1 aliphatic heterocycles. The Kier molecular flexibility index (Phi) is 3.46. The zero-order chi connectivity index (χ0) is 15.8. The average molecular weight is 323 g/mol. The van der Waals surface area contributed by atoms with E-state index in [1.54, 1.807) is 24.3 Å². The van der Waals surface area contributed by atoms with Gasteiger partial charge in [-0.15, -0.1) is 11.3 Å². The normalized spacial score (nSPS) is 13.2. The maximum Gasteiger partial charge on any atom is 0.268 e. The zero-order valence-electron chi connectivity index (χ0n) is 12.3. The van der Waals surface area contributed by atoms with Gasteiger partial charge in [-0.1, -0.05) is 36.4 Å². The summed E-state index contributed by atoms with van der Waals surface area (Å²) in [6, 6.07) is 18.2. The Morgan fingerprint density at radius 2 is 1.78 bits per heavy atom. The highest BCUT2D eigenvalue weighted by atomic mass is 32.1. The third-order valence-electron chi connectivity index (χ3n) is 4.09. The first-order chi connectivity index (χ1) is 11.2. The number of nitrogens with zero attached hydrogens (tertiary/aromatic N) is 1. The highest BCUT2D eigenvalue weighted by molar-refractivity contribution is 7.17. The van der Waals surface area contributed by atoms with Gasteiger partial charge in [-0.2, -0.15) is 0 Å². The first-order valence-corrected chi connectivity index (χ1v) is 8.30. The van der Waals surface area contributed by atoms with E-state index in [9.17, 15) is 9.18 Å². The van der Waals surface area contributed by atoms with Crippen molar-refractivity contribution in [2.45, 2.75) is 6.42 Å². The highest BCUT2D eigenvalue weighted by Crippen LogP contribution is 2.33. The number of anilines is 1. The van der Waals surface area contributed by atoms with Crippen LogP contribution in [0.2, 0.25) is 0 Å². The molecule has 0 saturated carbocycles. The second-order valence-electron chi connectivity index (χ2n) is 5.48. The van der Waals surface area contributed by atoms with Crippen LogP contribution < -0.4 is 4.90 Å². The molecule has 1 aliphatic rings. The fourth-order valence-electron chi connectivity index (χ4n) is 2.94. The first-order valence-electron chi connectivity index (χ1n) is 7.48. The predicted molar refractivity (Wildman–Crippen MR) is 91.5 cm³/mol. The van der Waals surface area contributed by atoms with Gasteiger partial charge in [0.2, 0.25) is 0 Å². The fourth-order valence-corrected chi connectivity index (χ4v) is 3.92. The number of amides is 1. The number of carbonyl (C=O) groups is 1. The van der Waals surface area contributed by atoms with Crippen LogP contribution in [0.5, 0.6) is 0 Å². The van der Waals surface area contributed by atoms with Crippen LogP contribution in [0.4, 0.5) is 10.1 Å². The number of fused-ring (bicyclic) bond motifs is 1. The van der Waals surface area contributed by atoms with Crippen LogP contribution in [0.25, 0.3) is 10.4 Å². The highest BCUT2D eigenvalue weighted by Gasteiger charge is 2.26. The van der Waals surface area contributed by atoms with Crippen LogP contribution in [0, 0.1) is 5.82 Å². The summed E-state index contributed by atoms with van der Waals surface area (Å²) in [4.78, 5) is 16.0. The third-order valence-corrected chi connectivity index (χ3v) is 5.19. The molecule has 2 nitrogen and oxygen atoms in total. The number of benzene rings is 2. The van der Waals surface area contributed by atoms with E-state index in [-0.39, 0.29) is 11.7 Å². The standard InChI is InChI=1S/C19H14FNOS/c20-15-7-3-2-6-14(15)17-9-10-18(23-17)19(22)21-12-11-13-5-1-4-8-16(13)21/h1-10H,11-12H2. The Balaban J connectivity index is 1.65. The molecule has 114 valence electrons. The van der Waals surface area contributed by atoms with Gasteiger partial charge in [0.1, 0.15) is 5.82 Å². The lowest BCUT2D eigenvalue weighted by Gasteiger charge is -2.16. The summed E-state index contributed by atoms with van der Waals surface area (Å²) in [6.45, 7) is 0.700. The van der Waals surface area contributed by atoms with Gasteiger partial charge in [-0.05, 0) is 36.2 Å². The quantitative estimate of drug-likeness (QED) is 0.666. The Morgan fingerprint density at radius 3 is 2.65 bits per heavy atom. The van der Waals surface area contributed by atoms with E-state index < -0.39 is 0 Å². The molecule has 0 aliphatic carbocycles. The molecule has 0 fully saturated rings. The van der Waals surface area contributed by atoms with Gasteiger partial charge in [0.25, 0.3) is 5.91 Å². The van der Waals surface area contributed by atoms with E-state index in [4.69, 9.17) is 0 Å². The van der Waals surface area contributed by atoms with Gasteiger partial charge in [0.15, 0.2) is 0 Å². The molecule has 3 aromatic rings. The first kappa shape index (κ1) is 14.2. The van der Waals surface area contributed by atoms with Gasteiger partial charge in [-0.25, -0.2) is 4.39 Å². The minimum atomic E-state index is -0.264. The Hall–Kier alpha value is -2.46. The maximum atomic E-state index is 13.9. The summed E-state index contributed by atoms with van der Waals surface area (Å²) in [6.07, 6.45) is 0.882. The van der Waals surface area contributed by atoms with Crippen molar-refractivity contribution in [3.05, 3.63) is 76.9 Å². The Labute approximate surface area is 137 Å². The van der Waals surface area contributed by atoms with Crippen LogP contribution >= 0.6 is 11.3 Å². The lowest BCUT2D eigenvalue weighted by atomic mass is 10.2. The van der Waals surface area contributed by atoms with Crippen LogP contribution in [0.15, 0.2) is 60.7 Å². The van der Waals surface area contributed by atoms with Crippen molar-refractivity contribution in [3.63, 3.8) is 0 Å². The number of carbonyl (C=O) groups excluding carboxylic acids is 1. The molecular formula is C19H14FNOS. The number of para-hydroxylation sites is 1. The summed E-state index contributed by atoms with van der Waals surface area (Å²) in [5, 5.41) is 0. The fraction of sp³-hybridized carbons (Fsp3) is 0.105. The van der Waals surface area contributed by atoms with Crippen molar-refractivity contribution in [2.75, 3.05) is 11.4 Å². The molecule has 0 saturated heterocycles. The second kappa shape index (κ2) is 5.63. The maximum absolute atomic E-state index is 13.9. The molecule has 1 amide bonds. The molecule has 2 heterocycles. The van der Waals surface area contributed by atoms with E-state index in [1.807, 2.05) is 29.2 Å². The molecule has 0 N–H and O–H groups in total. The van der Waals surface area contributed by atoms with Crippen molar-refractivity contribution in [3.8, 4) is 10.4 Å². The number of halogens is 1. The second-order valence-corrected chi connectivity index (χ2v) is 6.56. The molecule has 2 aromatic carbocycles. The van der Waals surface area contributed by atoms with E-state index in [2.05, 4.69) is 6.07 Å². The van der Waals surface area contributed by atoms with Crippen LogP contribution in [0.1, 0.15) is 15.2 Å². The molecule has 1 aromatic heterocycles. The predicted octanol–water partition coefficient (Wildman–Crippen LogP) is 4.76. The lowest BCUT2D eigenvalue weighted by molar-refractivity contribution is 0.0993. The topological polar surface area (TPSA) is 20.3 Å². The van der Waals surface area contributed by atoms with E-state index in [1.165, 1.54) is 23.0 Å². The SMILES string of the molecule is O=C(c1ccc(-c2ccccc2F)s1)N1CCc2ccccc21. The van der Waals surface area contributed by atoms with E-state index in [0.717, 1.165) is 17.0 Å². The van der Waals surface area contributed by atoms with E-state index >= 15 is 0 Å². The lowest BCUT2D eigenvalue weighted by Crippen LogP contribution is -2.28. The average Bonchev–Trinajstić information content (AvgIpc) is 3.22. The van der Waals surface area contributed by atoms with Crippen molar-refractivity contribution in [2.24, 2.45) is 0 Å². The Morgan fingerprint density at radius 1 is 1.00 bits per heavy atom. The van der Waals surface area contributed by atoms with E-state index in [0.29, 0.717) is 17.0 Å². The van der Waals surface area contributed by atoms with Crippen molar-refractivity contribution >= 4 is 22.9 Å². The van der Waals surface area contributed by atoms with Crippen molar-refractivity contribution in [1.29, 1.82) is 0 Å². The summed E-state index contributed by atoms with van der Waals surface area (Å²) in [7, 11) is 0. The summed E-state index contributed by atoms with van der Waals surface area (Å²) >= 11 is 1.34. The minimum Gasteiger partial charge on any atom is -0.307 e. The van der Waals surface area contributed by atoms with Gasteiger partial charge >= 0.3 is 0 Å². The molecule has 0 bridgehead atoms. The molecule has 0 atom stereocenters. The van der Waals surface area contributed by atoms with Crippen LogP contribution in [-0.2, 0) is 6.42 Å². The Bertz CT molecular complexity index is 886. The number of hydrogen-bond donors (Lipinski definition) is 0. The molecule has 4 heteroatoms. The third kappa shape index (κ3) is 2.45. The summed E-state index contributed by atoms with van der Waals surface area (Å²) in [5.41, 5.74) is 2.73. The number of rotatable bonds is 2. The van der Waals surface area contributed by atoms with Gasteiger partial charge in [0, 0.05) is 22.7 Å². The van der Waals surface area contributed by atoms with Crippen molar-refractivity contribution in [1.82, 2.24) is 0 Å². The summed E-state index contributed by atoms with van der Waals surface area (Å²) < 4.78 is 13.9. The molecule has 0 radical (unpaired) electrons. The molecular weight excluding hydrogens is 309 g/mol. The van der Waals surface area contributed by atoms with Crippen LogP contribution in [-0.4, -0.2) is 12.5 Å². The minimum absolute atomic E-state index is 0.0115. The van der Waals surface area contributed by atoms with Crippen LogP contribution in [0.3, 0.4) is 0 Å². The molecule has 0 spiro atoms.